The molecule has 9 rings (SSSR count). The smallest absolute Gasteiger partial charge is 0.183 e. The number of carbonyl (C=O) groups is 2. The van der Waals surface area contributed by atoms with Crippen LogP contribution in [0.25, 0.3) is 5.70 Å². The first kappa shape index (κ1) is 57.5. The molecule has 0 atom stereocenters. The number of amidine groups is 3. The normalized spacial score (nSPS) is 15.1. The van der Waals surface area contributed by atoms with Gasteiger partial charge in [0.15, 0.2) is 25.4 Å². The third-order valence-corrected chi connectivity index (χ3v) is 15.3. The molecule has 0 unspecified atom stereocenters. The lowest BCUT2D eigenvalue weighted by Gasteiger charge is -2.17. The minimum atomic E-state index is -3.88. The molecule has 23 heteroatoms. The molecule has 0 radical (unpaired) electrons. The van der Waals surface area contributed by atoms with Crippen LogP contribution in [0.3, 0.4) is 0 Å². The molecule has 0 spiro atoms. The number of allylic oxidation sites excluding steroid dienone is 1. The maximum Gasteiger partial charge on any atom is 0.183 e. The van der Waals surface area contributed by atoms with Gasteiger partial charge in [-0.2, -0.15) is 4.33 Å². The molecule has 0 saturated heterocycles. The SMILES string of the molecule is C1=C(c2ccc(C3=NCCCN3)cc2)NCCC1.COOSc1ccc(S(=O)(=O)CC(=O)[O-])cc1.O=C([O-])CS(=O)(=O)c1ccc(SOOc2ccccc2)cc1.c1cc(C2=NCCCN2)cc(C2=NCCCN2)c1. The molecule has 0 amide bonds. The van der Waals surface area contributed by atoms with Crippen LogP contribution in [0.4, 0.5) is 0 Å². The predicted octanol–water partition coefficient (Wildman–Crippen LogP) is 4.34. The molecular weight excluding hydrogens is 1040 g/mol. The number of benzene rings is 5. The predicted molar refractivity (Wildman–Crippen MR) is 285 cm³/mol. The quantitative estimate of drug-likeness (QED) is 0.0573. The van der Waals surface area contributed by atoms with Crippen LogP contribution in [0.2, 0.25) is 0 Å². The number of carboxylic acid groups (broad SMARTS) is 2. The Balaban J connectivity index is 0.000000163. The second-order valence-corrected chi connectivity index (χ2v) is 22.0. The highest BCUT2D eigenvalue weighted by Crippen LogP contribution is 2.24. The van der Waals surface area contributed by atoms with Gasteiger partial charge < -0.3 is 46.0 Å². The molecule has 0 bridgehead atoms. The number of carbonyl (C=O) groups excluding carboxylic acids is 2. The van der Waals surface area contributed by atoms with Crippen LogP contribution < -0.4 is 36.4 Å². The van der Waals surface area contributed by atoms with Crippen molar-refractivity contribution in [1.29, 1.82) is 0 Å². The van der Waals surface area contributed by atoms with Crippen LogP contribution in [0, 0.1) is 0 Å². The first-order valence-electron chi connectivity index (χ1n) is 23.8. The van der Waals surface area contributed by atoms with Crippen molar-refractivity contribution in [2.45, 2.75) is 51.7 Å². The summed E-state index contributed by atoms with van der Waals surface area (Å²) in [6.45, 7) is 6.94. The van der Waals surface area contributed by atoms with Crippen LogP contribution >= 0.6 is 24.1 Å². The van der Waals surface area contributed by atoms with Crippen LogP contribution in [-0.2, 0) is 42.8 Å². The van der Waals surface area contributed by atoms with Gasteiger partial charge in [0.2, 0.25) is 0 Å². The van der Waals surface area contributed by atoms with E-state index in [1.54, 1.807) is 24.3 Å². The Labute approximate surface area is 445 Å². The average Bonchev–Trinajstić information content (AvgIpc) is 3.44. The summed E-state index contributed by atoms with van der Waals surface area (Å²) in [6, 6.07) is 37.1. The number of nitrogens with one attached hydrogen (secondary N) is 4. The molecule has 4 aliphatic heterocycles. The number of hydrogen-bond acceptors (Lipinski definition) is 21. The zero-order valence-electron chi connectivity index (χ0n) is 41.0. The van der Waals surface area contributed by atoms with Crippen LogP contribution in [0.5, 0.6) is 5.75 Å². The van der Waals surface area contributed by atoms with E-state index in [9.17, 15) is 36.6 Å². The van der Waals surface area contributed by atoms with Crippen molar-refractivity contribution in [3.63, 3.8) is 0 Å². The van der Waals surface area contributed by atoms with Gasteiger partial charge in [0.05, 0.1) is 64.4 Å². The molecule has 4 N–H and O–H groups in total. The van der Waals surface area contributed by atoms with Gasteiger partial charge in [0.1, 0.15) is 17.5 Å². The van der Waals surface area contributed by atoms with Gasteiger partial charge in [0.25, 0.3) is 0 Å². The number of sulfone groups is 2. The zero-order chi connectivity index (χ0) is 53.3. The molecule has 5 aromatic rings. The highest BCUT2D eigenvalue weighted by molar-refractivity contribution is 7.95. The number of para-hydroxylation sites is 1. The minimum absolute atomic E-state index is 0.0801. The van der Waals surface area contributed by atoms with E-state index in [4.69, 9.17) is 9.22 Å². The summed E-state index contributed by atoms with van der Waals surface area (Å²) < 4.78 is 55.8. The van der Waals surface area contributed by atoms with Crippen molar-refractivity contribution in [3.8, 4) is 5.75 Å². The first-order valence-corrected chi connectivity index (χ1v) is 28.6. The van der Waals surface area contributed by atoms with E-state index in [2.05, 4.69) is 100 Å². The van der Waals surface area contributed by atoms with Crippen molar-refractivity contribution >= 4 is 78.9 Å². The molecule has 0 aliphatic carbocycles. The van der Waals surface area contributed by atoms with E-state index in [0.717, 1.165) is 118 Å². The number of aliphatic imine (C=N–C) groups is 3. The summed E-state index contributed by atoms with van der Waals surface area (Å²) in [5.41, 5.74) is 6.04. The van der Waals surface area contributed by atoms with Crippen LogP contribution in [0.15, 0.2) is 168 Å². The fraction of sp³-hybridized carbons (Fsp3) is 0.288. The number of rotatable bonds is 17. The van der Waals surface area contributed by atoms with Crippen LogP contribution in [-0.4, -0.2) is 111 Å². The van der Waals surface area contributed by atoms with Crippen molar-refractivity contribution in [3.05, 3.63) is 156 Å². The number of nitrogens with zero attached hydrogens (tertiary/aromatic N) is 3. The Bertz CT molecular complexity index is 2910. The summed E-state index contributed by atoms with van der Waals surface area (Å²) in [6.07, 6.45) is 8.09. The average molecular weight is 1100 g/mol. The molecule has 75 heavy (non-hydrogen) atoms. The number of carboxylic acids is 2. The fourth-order valence-corrected chi connectivity index (χ4v) is 10.1. The minimum Gasteiger partial charge on any atom is -0.549 e. The van der Waals surface area contributed by atoms with Gasteiger partial charge >= 0.3 is 0 Å². The Kier molecular flexibility index (Phi) is 23.0. The standard InChI is InChI=1S/C15H19N3.C14H18N4.C14H12O6S2.C9H10O6S2/c1-2-9-16-14(4-1)12-5-7-13(8-6-12)15-17-10-3-11-18-15;1-4-11(13-15-6-2-7-16-13)10-12(5-1)14-17-8-3-9-18-14;15-14(16)10-22(17,18)13-8-6-12(7-9-13)21-20-19-11-4-2-1-3-5-11;1-14-15-16-7-2-4-8(5-3-7)17(12,13)6-9(10)11/h4-8,16H,1-3,9-11H2,(H,17,18);1,4-5,10H,2-3,6-9H2,(H,15,16)(H,17,18);1-9H,10H2,(H,15,16);2-5H,6H2,1H3,(H,10,11)/p-2. The molecule has 4 aliphatic rings. The van der Waals surface area contributed by atoms with E-state index >= 15 is 0 Å². The summed E-state index contributed by atoms with van der Waals surface area (Å²) in [7, 11) is -6.38. The molecule has 0 fully saturated rings. The fourth-order valence-electron chi connectivity index (χ4n) is 7.19. The van der Waals surface area contributed by atoms with Crippen molar-refractivity contribution in [2.24, 2.45) is 15.0 Å². The molecule has 4 heterocycles. The van der Waals surface area contributed by atoms with E-state index < -0.39 is 43.1 Å². The van der Waals surface area contributed by atoms with Gasteiger partial charge in [-0.25, -0.2) is 21.7 Å². The van der Waals surface area contributed by atoms with Crippen molar-refractivity contribution < 1.29 is 55.1 Å². The van der Waals surface area contributed by atoms with Gasteiger partial charge in [-0.15, -0.1) is 4.33 Å². The Hall–Kier alpha value is -6.73. The molecule has 19 nitrogen and oxygen atoms in total. The number of aliphatic carboxylic acids is 2. The lowest BCUT2D eigenvalue weighted by molar-refractivity contribution is -0.302. The second kappa shape index (κ2) is 30.0. The third-order valence-electron chi connectivity index (χ3n) is 10.8. The molecule has 398 valence electrons. The summed E-state index contributed by atoms with van der Waals surface area (Å²) >= 11 is 1.81. The molecule has 0 aromatic heterocycles. The van der Waals surface area contributed by atoms with Gasteiger partial charge in [-0.05, 0) is 104 Å². The second-order valence-electron chi connectivity index (χ2n) is 16.4. The monoisotopic (exact) mass is 1100 g/mol. The highest BCUT2D eigenvalue weighted by atomic mass is 32.2. The Morgan fingerprint density at radius 1 is 0.533 bits per heavy atom. The van der Waals surface area contributed by atoms with Gasteiger partial charge in [0, 0.05) is 78.0 Å². The summed E-state index contributed by atoms with van der Waals surface area (Å²) in [4.78, 5) is 44.7. The number of hydrogen-bond donors (Lipinski definition) is 4. The lowest BCUT2D eigenvalue weighted by atomic mass is 10.0. The maximum absolute atomic E-state index is 11.7. The van der Waals surface area contributed by atoms with Gasteiger partial charge in [-0.3, -0.25) is 15.0 Å². The van der Waals surface area contributed by atoms with Gasteiger partial charge in [-0.1, -0.05) is 66.7 Å². The first-order chi connectivity index (χ1) is 36.3. The van der Waals surface area contributed by atoms with Crippen molar-refractivity contribution in [2.75, 3.05) is 64.4 Å². The topological polar surface area (TPSA) is 271 Å². The Morgan fingerprint density at radius 2 is 0.987 bits per heavy atom. The van der Waals surface area contributed by atoms with E-state index in [-0.39, 0.29) is 9.79 Å². The summed E-state index contributed by atoms with van der Waals surface area (Å²) in [5, 5.41) is 34.2. The summed E-state index contributed by atoms with van der Waals surface area (Å²) in [5.74, 6) is -1.76. The maximum atomic E-state index is 11.7. The highest BCUT2D eigenvalue weighted by Gasteiger charge is 2.17. The van der Waals surface area contributed by atoms with E-state index in [1.165, 1.54) is 85.3 Å². The third kappa shape index (κ3) is 19.5. The van der Waals surface area contributed by atoms with E-state index in [0.29, 0.717) is 15.5 Å². The van der Waals surface area contributed by atoms with Crippen LogP contribution in [0.1, 0.15) is 54.4 Å². The lowest BCUT2D eigenvalue weighted by Crippen LogP contribution is -2.32. The zero-order valence-corrected chi connectivity index (χ0v) is 44.2. The van der Waals surface area contributed by atoms with Crippen molar-refractivity contribution in [1.82, 2.24) is 21.3 Å². The molecule has 5 aromatic carbocycles. The van der Waals surface area contributed by atoms with E-state index in [1.807, 2.05) is 6.07 Å². The molecular formula is C52H57N7O12S4-2. The largest absolute Gasteiger partial charge is 0.549 e. The Morgan fingerprint density at radius 3 is 1.41 bits per heavy atom. The molecule has 0 saturated carbocycles.